The zero-order chi connectivity index (χ0) is 14.4. The molecule has 0 radical (unpaired) electrons. The number of nitrogens with one attached hydrogen (secondary N) is 1. The Morgan fingerprint density at radius 1 is 1.32 bits per heavy atom. The summed E-state index contributed by atoms with van der Waals surface area (Å²) in [4.78, 5) is 23.2. The molecule has 6 heteroatoms. The van der Waals surface area contributed by atoms with Crippen LogP contribution >= 0.6 is 11.6 Å². The summed E-state index contributed by atoms with van der Waals surface area (Å²) in [6, 6.07) is 6.44. The second kappa shape index (κ2) is 7.40. The molecular formula is C13H16ClNO3S. The highest BCUT2D eigenvalue weighted by molar-refractivity contribution is 7.86. The Morgan fingerprint density at radius 3 is 2.58 bits per heavy atom. The second-order valence-corrected chi connectivity index (χ2v) is 6.28. The van der Waals surface area contributed by atoms with Gasteiger partial charge in [-0.15, -0.1) is 0 Å². The van der Waals surface area contributed by atoms with Gasteiger partial charge < -0.3 is 5.32 Å². The third kappa shape index (κ3) is 5.98. The summed E-state index contributed by atoms with van der Waals surface area (Å²) < 4.78 is 11.7. The van der Waals surface area contributed by atoms with E-state index in [-0.39, 0.29) is 29.2 Å². The van der Waals surface area contributed by atoms with E-state index in [0.717, 1.165) is 0 Å². The van der Waals surface area contributed by atoms with Crippen molar-refractivity contribution in [3.8, 4) is 0 Å². The summed E-state index contributed by atoms with van der Waals surface area (Å²) in [5.74, 6) is -0.929. The Kier molecular flexibility index (Phi) is 6.18. The molecule has 0 saturated carbocycles. The number of carbonyl (C=O) groups excluding carboxylic acids is 2. The quantitative estimate of drug-likeness (QED) is 0.815. The van der Waals surface area contributed by atoms with E-state index in [0.29, 0.717) is 10.6 Å². The normalized spacial score (nSPS) is 12.2. The fraction of sp³-hybridized carbons (Fsp3) is 0.385. The first-order valence-electron chi connectivity index (χ1n) is 5.81. The van der Waals surface area contributed by atoms with Crippen LogP contribution in [0.4, 0.5) is 0 Å². The Bertz CT molecular complexity index is 502. The van der Waals surface area contributed by atoms with E-state index in [4.69, 9.17) is 11.6 Å². The lowest BCUT2D eigenvalue weighted by atomic mass is 10.1. The van der Waals surface area contributed by atoms with Crippen molar-refractivity contribution < 1.29 is 13.8 Å². The van der Waals surface area contributed by atoms with E-state index in [1.807, 2.05) is 13.8 Å². The van der Waals surface area contributed by atoms with Crippen LogP contribution < -0.4 is 5.32 Å². The van der Waals surface area contributed by atoms with Crippen molar-refractivity contribution in [2.24, 2.45) is 0 Å². The predicted molar refractivity (Wildman–Crippen MR) is 76.9 cm³/mol. The molecule has 1 N–H and O–H groups in total. The molecule has 0 spiro atoms. The third-order valence-electron chi connectivity index (χ3n) is 2.18. The van der Waals surface area contributed by atoms with Crippen LogP contribution in [0.3, 0.4) is 0 Å². The number of halogens is 1. The fourth-order valence-corrected chi connectivity index (χ4v) is 2.58. The molecule has 0 aliphatic carbocycles. The number of rotatable bonds is 6. The maximum absolute atomic E-state index is 11.8. The number of carbonyl (C=O) groups is 2. The van der Waals surface area contributed by atoms with Crippen LogP contribution in [0, 0.1) is 0 Å². The van der Waals surface area contributed by atoms with E-state index in [1.54, 1.807) is 18.2 Å². The topological polar surface area (TPSA) is 63.2 Å². The summed E-state index contributed by atoms with van der Waals surface area (Å²) in [6.45, 7) is 3.63. The summed E-state index contributed by atoms with van der Waals surface area (Å²) in [5, 5.41) is 3.08. The third-order valence-corrected chi connectivity index (χ3v) is 3.58. The van der Waals surface area contributed by atoms with E-state index in [2.05, 4.69) is 5.32 Å². The Labute approximate surface area is 120 Å². The Hall–Kier alpha value is -1.20. The van der Waals surface area contributed by atoms with Gasteiger partial charge >= 0.3 is 0 Å². The van der Waals surface area contributed by atoms with Crippen molar-refractivity contribution in [1.29, 1.82) is 0 Å². The molecule has 0 fully saturated rings. The molecule has 1 aromatic rings. The van der Waals surface area contributed by atoms with Crippen molar-refractivity contribution in [3.05, 3.63) is 34.9 Å². The summed E-state index contributed by atoms with van der Waals surface area (Å²) in [6.07, 6.45) is 0. The Morgan fingerprint density at radius 2 is 2.00 bits per heavy atom. The lowest BCUT2D eigenvalue weighted by Gasteiger charge is -2.07. The molecule has 1 aromatic carbocycles. The van der Waals surface area contributed by atoms with Gasteiger partial charge in [0.25, 0.3) is 0 Å². The van der Waals surface area contributed by atoms with Gasteiger partial charge in [0.05, 0.1) is 5.75 Å². The Balaban J connectivity index is 2.53. The molecule has 0 aromatic heterocycles. The van der Waals surface area contributed by atoms with Gasteiger partial charge in [-0.3, -0.25) is 13.8 Å². The fourth-order valence-electron chi connectivity index (χ4n) is 1.45. The average Bonchev–Trinajstić information content (AvgIpc) is 2.27. The summed E-state index contributed by atoms with van der Waals surface area (Å²) >= 11 is 5.77. The molecule has 0 heterocycles. The molecular weight excluding hydrogens is 286 g/mol. The molecule has 1 rings (SSSR count). The lowest BCUT2D eigenvalue weighted by molar-refractivity contribution is -0.119. The van der Waals surface area contributed by atoms with Crippen molar-refractivity contribution >= 4 is 34.1 Å². The number of hydrogen-bond acceptors (Lipinski definition) is 3. The van der Waals surface area contributed by atoms with Crippen LogP contribution in [0.1, 0.15) is 24.2 Å². The first-order valence-corrected chi connectivity index (χ1v) is 7.68. The molecule has 0 saturated heterocycles. The highest BCUT2D eigenvalue weighted by atomic mass is 35.5. The SMILES string of the molecule is CC(C)NC(=O)CS(=O)CC(=O)c1cccc(Cl)c1. The monoisotopic (exact) mass is 301 g/mol. The number of benzene rings is 1. The van der Waals surface area contributed by atoms with Gasteiger partial charge in [0.15, 0.2) is 5.78 Å². The first kappa shape index (κ1) is 15.9. The van der Waals surface area contributed by atoms with Crippen LogP contribution in [0.5, 0.6) is 0 Å². The van der Waals surface area contributed by atoms with Crippen LogP contribution in [0.2, 0.25) is 5.02 Å². The second-order valence-electron chi connectivity index (χ2n) is 4.38. The van der Waals surface area contributed by atoms with E-state index >= 15 is 0 Å². The summed E-state index contributed by atoms with van der Waals surface area (Å²) in [7, 11) is -1.51. The summed E-state index contributed by atoms with van der Waals surface area (Å²) in [5.41, 5.74) is 0.408. The molecule has 1 atom stereocenters. The number of Topliss-reactive ketones (excluding diaryl/α,β-unsaturated/α-hetero) is 1. The van der Waals surface area contributed by atoms with Gasteiger partial charge in [-0.05, 0) is 26.0 Å². The van der Waals surface area contributed by atoms with Gasteiger partial charge in [0.1, 0.15) is 5.75 Å². The largest absolute Gasteiger partial charge is 0.353 e. The van der Waals surface area contributed by atoms with Crippen molar-refractivity contribution in [2.75, 3.05) is 11.5 Å². The number of hydrogen-bond donors (Lipinski definition) is 1. The highest BCUT2D eigenvalue weighted by Crippen LogP contribution is 2.11. The first-order chi connectivity index (χ1) is 8.88. The van der Waals surface area contributed by atoms with Gasteiger partial charge in [0.2, 0.25) is 5.91 Å². The van der Waals surface area contributed by atoms with Crippen LogP contribution in [0.15, 0.2) is 24.3 Å². The van der Waals surface area contributed by atoms with E-state index in [1.165, 1.54) is 6.07 Å². The van der Waals surface area contributed by atoms with Crippen LogP contribution in [-0.4, -0.2) is 33.4 Å². The smallest absolute Gasteiger partial charge is 0.232 e. The maximum atomic E-state index is 11.8. The molecule has 0 aliphatic rings. The maximum Gasteiger partial charge on any atom is 0.232 e. The van der Waals surface area contributed by atoms with Gasteiger partial charge in [-0.1, -0.05) is 23.7 Å². The van der Waals surface area contributed by atoms with Gasteiger partial charge in [0, 0.05) is 27.4 Å². The zero-order valence-electron chi connectivity index (χ0n) is 10.8. The molecule has 1 unspecified atom stereocenters. The molecule has 4 nitrogen and oxygen atoms in total. The van der Waals surface area contributed by atoms with Crippen molar-refractivity contribution in [3.63, 3.8) is 0 Å². The minimum absolute atomic E-state index is 0.00636. The number of ketones is 1. The molecule has 1 amide bonds. The van der Waals surface area contributed by atoms with Crippen molar-refractivity contribution in [2.45, 2.75) is 19.9 Å². The molecule has 0 bridgehead atoms. The molecule has 104 valence electrons. The lowest BCUT2D eigenvalue weighted by Crippen LogP contribution is -2.34. The standard InChI is InChI=1S/C13H16ClNO3S/c1-9(2)15-13(17)8-19(18)7-12(16)10-4-3-5-11(14)6-10/h3-6,9H,7-8H2,1-2H3,(H,15,17). The number of amides is 1. The highest BCUT2D eigenvalue weighted by Gasteiger charge is 2.14. The minimum Gasteiger partial charge on any atom is -0.353 e. The zero-order valence-corrected chi connectivity index (χ0v) is 12.4. The average molecular weight is 302 g/mol. The van der Waals surface area contributed by atoms with E-state index < -0.39 is 10.8 Å². The van der Waals surface area contributed by atoms with E-state index in [9.17, 15) is 13.8 Å². The van der Waals surface area contributed by atoms with Crippen LogP contribution in [-0.2, 0) is 15.6 Å². The predicted octanol–water partition coefficient (Wildman–Crippen LogP) is 1.80. The van der Waals surface area contributed by atoms with Gasteiger partial charge in [-0.2, -0.15) is 0 Å². The van der Waals surface area contributed by atoms with Crippen LogP contribution in [0.25, 0.3) is 0 Å². The van der Waals surface area contributed by atoms with Gasteiger partial charge in [-0.25, -0.2) is 0 Å². The minimum atomic E-state index is -1.51. The van der Waals surface area contributed by atoms with Crippen molar-refractivity contribution in [1.82, 2.24) is 5.32 Å². The molecule has 19 heavy (non-hydrogen) atoms. The molecule has 0 aliphatic heterocycles.